The van der Waals surface area contributed by atoms with Crippen molar-refractivity contribution in [2.75, 3.05) is 34.9 Å². The zero-order valence-electron chi connectivity index (χ0n) is 17.9. The number of methoxy groups -OCH3 is 2. The molecule has 31 heavy (non-hydrogen) atoms. The van der Waals surface area contributed by atoms with E-state index in [1.165, 1.54) is 26.4 Å². The monoisotopic (exact) mass is 423 g/mol. The van der Waals surface area contributed by atoms with Crippen LogP contribution in [0.5, 0.6) is 11.5 Å². The molecule has 1 atom stereocenters. The minimum atomic E-state index is -0.606. The number of nitrogens with one attached hydrogen (secondary N) is 1. The van der Waals surface area contributed by atoms with Gasteiger partial charge in [0.15, 0.2) is 11.5 Å². The Balaban J connectivity index is 1.91. The lowest BCUT2D eigenvalue weighted by atomic mass is 9.98. The van der Waals surface area contributed by atoms with E-state index in [-0.39, 0.29) is 35.3 Å². The minimum absolute atomic E-state index is 0.0851. The van der Waals surface area contributed by atoms with Crippen molar-refractivity contribution in [3.63, 3.8) is 0 Å². The fourth-order valence-corrected chi connectivity index (χ4v) is 3.60. The maximum atomic E-state index is 12.9. The van der Waals surface area contributed by atoms with E-state index in [9.17, 15) is 14.9 Å². The van der Waals surface area contributed by atoms with E-state index in [0.717, 1.165) is 16.3 Å². The summed E-state index contributed by atoms with van der Waals surface area (Å²) >= 11 is 0. The number of nitro benzene ring substituents is 1. The molecular weight excluding hydrogens is 398 g/mol. The van der Waals surface area contributed by atoms with Crippen molar-refractivity contribution < 1.29 is 19.2 Å². The summed E-state index contributed by atoms with van der Waals surface area (Å²) in [6, 6.07) is 16.5. The van der Waals surface area contributed by atoms with Crippen molar-refractivity contribution >= 4 is 22.4 Å². The van der Waals surface area contributed by atoms with Crippen molar-refractivity contribution in [1.82, 2.24) is 10.2 Å². The topological polar surface area (TPSA) is 93.9 Å². The number of carbonyl (C=O) groups excluding carboxylic acids is 1. The number of hydrogen-bond donors (Lipinski definition) is 1. The maximum absolute atomic E-state index is 12.9. The predicted molar refractivity (Wildman–Crippen MR) is 119 cm³/mol. The molecule has 0 bridgehead atoms. The quantitative estimate of drug-likeness (QED) is 0.438. The van der Waals surface area contributed by atoms with Gasteiger partial charge in [0, 0.05) is 12.6 Å². The highest BCUT2D eigenvalue weighted by Gasteiger charge is 2.26. The van der Waals surface area contributed by atoms with Gasteiger partial charge in [0.2, 0.25) is 0 Å². The molecular formula is C23H25N3O5. The standard InChI is InChI=1S/C23H25N3O5/c1-25(2)20(17-11-7-9-15-8-5-6-10-16(15)17)14-24-23(27)18-12-21(30-3)22(31-4)13-19(18)26(28)29/h5-13,20H,14H2,1-4H3,(H,24,27)/t20-/m1/s1. The highest BCUT2D eigenvalue weighted by Crippen LogP contribution is 2.34. The molecule has 3 aromatic rings. The molecule has 0 aliphatic rings. The van der Waals surface area contributed by atoms with Crippen LogP contribution >= 0.6 is 0 Å². The highest BCUT2D eigenvalue weighted by molar-refractivity contribution is 5.99. The summed E-state index contributed by atoms with van der Waals surface area (Å²) in [5, 5.41) is 16.6. The Bertz CT molecular complexity index is 1110. The van der Waals surface area contributed by atoms with Crippen LogP contribution in [0.1, 0.15) is 22.0 Å². The Morgan fingerprint density at radius 1 is 1.06 bits per heavy atom. The number of ether oxygens (including phenoxy) is 2. The lowest BCUT2D eigenvalue weighted by molar-refractivity contribution is -0.385. The molecule has 0 heterocycles. The summed E-state index contributed by atoms with van der Waals surface area (Å²) < 4.78 is 10.3. The van der Waals surface area contributed by atoms with Crippen LogP contribution in [0.3, 0.4) is 0 Å². The third kappa shape index (κ3) is 4.59. The zero-order chi connectivity index (χ0) is 22.5. The molecule has 1 N–H and O–H groups in total. The van der Waals surface area contributed by atoms with Crippen LogP contribution in [-0.4, -0.2) is 50.6 Å². The summed E-state index contributed by atoms with van der Waals surface area (Å²) in [6.07, 6.45) is 0. The smallest absolute Gasteiger partial charge is 0.286 e. The first-order valence-electron chi connectivity index (χ1n) is 9.70. The largest absolute Gasteiger partial charge is 0.493 e. The Morgan fingerprint density at radius 2 is 1.71 bits per heavy atom. The predicted octanol–water partition coefficient (Wildman–Crippen LogP) is 3.80. The van der Waals surface area contributed by atoms with Crippen molar-refractivity contribution in [3.8, 4) is 11.5 Å². The molecule has 0 fully saturated rings. The molecule has 0 saturated carbocycles. The van der Waals surface area contributed by atoms with Gasteiger partial charge in [-0.1, -0.05) is 42.5 Å². The number of hydrogen-bond acceptors (Lipinski definition) is 6. The average molecular weight is 423 g/mol. The van der Waals surface area contributed by atoms with E-state index in [0.29, 0.717) is 0 Å². The van der Waals surface area contributed by atoms with Crippen LogP contribution in [0.2, 0.25) is 0 Å². The summed E-state index contributed by atoms with van der Waals surface area (Å²) in [5.74, 6) is -0.121. The number of rotatable bonds is 8. The van der Waals surface area contributed by atoms with Crippen molar-refractivity contribution in [3.05, 3.63) is 75.8 Å². The third-order valence-corrected chi connectivity index (χ3v) is 5.20. The van der Waals surface area contributed by atoms with Crippen LogP contribution in [0.4, 0.5) is 5.69 Å². The van der Waals surface area contributed by atoms with Crippen LogP contribution < -0.4 is 14.8 Å². The van der Waals surface area contributed by atoms with Crippen molar-refractivity contribution in [2.45, 2.75) is 6.04 Å². The second-order valence-electron chi connectivity index (χ2n) is 7.24. The third-order valence-electron chi connectivity index (χ3n) is 5.20. The van der Waals surface area contributed by atoms with Crippen LogP contribution in [0.25, 0.3) is 10.8 Å². The van der Waals surface area contributed by atoms with Crippen molar-refractivity contribution in [1.29, 1.82) is 0 Å². The van der Waals surface area contributed by atoms with E-state index in [1.807, 2.05) is 61.5 Å². The maximum Gasteiger partial charge on any atom is 0.286 e. The summed E-state index contributed by atoms with van der Waals surface area (Å²) in [5.41, 5.74) is 0.630. The van der Waals surface area contributed by atoms with Crippen molar-refractivity contribution in [2.24, 2.45) is 0 Å². The Kier molecular flexibility index (Phi) is 6.71. The molecule has 0 saturated heterocycles. The van der Waals surface area contributed by atoms with Gasteiger partial charge in [-0.05, 0) is 30.4 Å². The van der Waals surface area contributed by atoms with Gasteiger partial charge >= 0.3 is 0 Å². The Morgan fingerprint density at radius 3 is 2.35 bits per heavy atom. The molecule has 8 nitrogen and oxygen atoms in total. The fourth-order valence-electron chi connectivity index (χ4n) is 3.60. The molecule has 0 spiro atoms. The molecule has 0 radical (unpaired) electrons. The van der Waals surface area contributed by atoms with E-state index in [2.05, 4.69) is 5.32 Å². The van der Waals surface area contributed by atoms with Crippen LogP contribution in [0, 0.1) is 10.1 Å². The van der Waals surface area contributed by atoms with Crippen LogP contribution in [0.15, 0.2) is 54.6 Å². The first-order chi connectivity index (χ1) is 14.9. The fraction of sp³-hybridized carbons (Fsp3) is 0.261. The first-order valence-corrected chi connectivity index (χ1v) is 9.70. The summed E-state index contributed by atoms with van der Waals surface area (Å²) in [7, 11) is 6.65. The van der Waals surface area contributed by atoms with Gasteiger partial charge < -0.3 is 19.7 Å². The number of carbonyl (C=O) groups is 1. The van der Waals surface area contributed by atoms with E-state index in [1.54, 1.807) is 0 Å². The van der Waals surface area contributed by atoms with E-state index >= 15 is 0 Å². The lowest BCUT2D eigenvalue weighted by Crippen LogP contribution is -2.35. The Hall–Kier alpha value is -3.65. The molecule has 3 rings (SSSR count). The second kappa shape index (κ2) is 9.44. The Labute approximate surface area is 180 Å². The number of nitro groups is 1. The molecule has 0 aromatic heterocycles. The number of amides is 1. The average Bonchev–Trinajstić information content (AvgIpc) is 2.77. The van der Waals surface area contributed by atoms with Gasteiger partial charge in [-0.2, -0.15) is 0 Å². The molecule has 0 unspecified atom stereocenters. The van der Waals surface area contributed by atoms with Gasteiger partial charge in [-0.25, -0.2) is 0 Å². The summed E-state index contributed by atoms with van der Waals surface area (Å²) in [6.45, 7) is 0.269. The van der Waals surface area contributed by atoms with E-state index < -0.39 is 10.8 Å². The molecule has 8 heteroatoms. The van der Waals surface area contributed by atoms with Crippen LogP contribution in [-0.2, 0) is 0 Å². The molecule has 0 aliphatic carbocycles. The summed E-state index contributed by atoms with van der Waals surface area (Å²) in [4.78, 5) is 25.9. The first kappa shape index (κ1) is 22.0. The highest BCUT2D eigenvalue weighted by atomic mass is 16.6. The van der Waals surface area contributed by atoms with E-state index in [4.69, 9.17) is 9.47 Å². The molecule has 1 amide bonds. The van der Waals surface area contributed by atoms with Gasteiger partial charge in [0.05, 0.1) is 31.3 Å². The molecule has 0 aliphatic heterocycles. The molecule has 162 valence electrons. The number of nitrogens with zero attached hydrogens (tertiary/aromatic N) is 2. The van der Waals surface area contributed by atoms with Gasteiger partial charge in [0.25, 0.3) is 11.6 Å². The van der Waals surface area contributed by atoms with Gasteiger partial charge in [-0.15, -0.1) is 0 Å². The SMILES string of the molecule is COc1cc(C(=O)NC[C@H](c2cccc3ccccc23)N(C)C)c([N+](=O)[O-])cc1OC. The van der Waals surface area contributed by atoms with Gasteiger partial charge in [-0.3, -0.25) is 14.9 Å². The normalized spacial score (nSPS) is 11.9. The zero-order valence-corrected chi connectivity index (χ0v) is 17.9. The van der Waals surface area contributed by atoms with Gasteiger partial charge in [0.1, 0.15) is 5.56 Å². The second-order valence-corrected chi connectivity index (χ2v) is 7.24. The number of fused-ring (bicyclic) bond motifs is 1. The minimum Gasteiger partial charge on any atom is -0.493 e. The number of benzene rings is 3. The lowest BCUT2D eigenvalue weighted by Gasteiger charge is -2.26. The number of likely N-dealkylation sites (N-methyl/N-ethyl adjacent to an activating group) is 1. The molecule has 3 aromatic carbocycles.